The zero-order valence-corrected chi connectivity index (χ0v) is 19.7. The molecule has 172 valence electrons. The first-order valence-corrected chi connectivity index (χ1v) is 11.4. The molecule has 0 bridgehead atoms. The van der Waals surface area contributed by atoms with Crippen molar-refractivity contribution in [3.8, 4) is 5.75 Å². The Morgan fingerprint density at radius 1 is 1.28 bits per heavy atom. The Hall–Kier alpha value is -2.67. The van der Waals surface area contributed by atoms with Crippen LogP contribution in [0.15, 0.2) is 30.5 Å². The van der Waals surface area contributed by atoms with Crippen LogP contribution in [0.2, 0.25) is 0 Å². The van der Waals surface area contributed by atoms with Crippen LogP contribution >= 0.6 is 0 Å². The molecule has 1 N–H and O–H groups in total. The van der Waals surface area contributed by atoms with Crippen molar-refractivity contribution in [2.24, 2.45) is 5.41 Å². The molecule has 1 aliphatic heterocycles. The number of nitrogens with one attached hydrogen (secondary N) is 1. The van der Waals surface area contributed by atoms with Crippen LogP contribution < -0.4 is 15.0 Å². The highest BCUT2D eigenvalue weighted by molar-refractivity contribution is 5.79. The van der Waals surface area contributed by atoms with Crippen LogP contribution in [0.4, 0.5) is 5.95 Å². The summed E-state index contributed by atoms with van der Waals surface area (Å²) >= 11 is 0. The third kappa shape index (κ3) is 5.21. The SMILES string of the molecule is COc1cccc(CC(=O)N[C@@H]2CC(C)(C)Cc3nc(N4C[C@H](C)O[C@@H](C)C4)ncc32)c1. The predicted molar refractivity (Wildman–Crippen MR) is 124 cm³/mol. The number of fused-ring (bicyclic) bond motifs is 1. The number of carbonyl (C=O) groups excluding carboxylic acids is 1. The van der Waals surface area contributed by atoms with E-state index in [0.29, 0.717) is 6.42 Å². The smallest absolute Gasteiger partial charge is 0.225 e. The number of aromatic nitrogens is 2. The summed E-state index contributed by atoms with van der Waals surface area (Å²) in [7, 11) is 1.63. The lowest BCUT2D eigenvalue weighted by Crippen LogP contribution is -2.46. The number of morpholine rings is 1. The fourth-order valence-electron chi connectivity index (χ4n) is 4.87. The molecule has 1 amide bonds. The van der Waals surface area contributed by atoms with E-state index in [4.69, 9.17) is 14.5 Å². The van der Waals surface area contributed by atoms with E-state index in [0.717, 1.165) is 54.4 Å². The molecule has 1 fully saturated rings. The number of hydrogen-bond donors (Lipinski definition) is 1. The molecule has 2 aromatic rings. The minimum Gasteiger partial charge on any atom is -0.497 e. The quantitative estimate of drug-likeness (QED) is 0.770. The number of amides is 1. The Balaban J connectivity index is 1.52. The number of anilines is 1. The molecule has 2 heterocycles. The maximum Gasteiger partial charge on any atom is 0.225 e. The van der Waals surface area contributed by atoms with E-state index in [1.807, 2.05) is 30.5 Å². The van der Waals surface area contributed by atoms with Crippen LogP contribution in [0, 0.1) is 5.41 Å². The van der Waals surface area contributed by atoms with Gasteiger partial charge in [-0.05, 0) is 49.8 Å². The van der Waals surface area contributed by atoms with Crippen molar-refractivity contribution in [1.29, 1.82) is 0 Å². The maximum absolute atomic E-state index is 12.9. The number of nitrogens with zero attached hydrogens (tertiary/aromatic N) is 3. The van der Waals surface area contributed by atoms with Gasteiger partial charge in [0.1, 0.15) is 5.75 Å². The first kappa shape index (κ1) is 22.5. The molecule has 1 aliphatic carbocycles. The van der Waals surface area contributed by atoms with Gasteiger partial charge in [-0.25, -0.2) is 9.97 Å². The van der Waals surface area contributed by atoms with E-state index in [2.05, 4.69) is 42.9 Å². The minimum absolute atomic E-state index is 0.00758. The monoisotopic (exact) mass is 438 g/mol. The van der Waals surface area contributed by atoms with Crippen molar-refractivity contribution >= 4 is 11.9 Å². The highest BCUT2D eigenvalue weighted by atomic mass is 16.5. The van der Waals surface area contributed by atoms with Crippen molar-refractivity contribution in [1.82, 2.24) is 15.3 Å². The van der Waals surface area contributed by atoms with E-state index in [1.54, 1.807) is 7.11 Å². The molecule has 2 aliphatic rings. The fourth-order valence-corrected chi connectivity index (χ4v) is 4.87. The van der Waals surface area contributed by atoms with Crippen LogP contribution in [-0.2, 0) is 22.4 Å². The molecule has 0 spiro atoms. The lowest BCUT2D eigenvalue weighted by molar-refractivity contribution is -0.121. The summed E-state index contributed by atoms with van der Waals surface area (Å²) in [5.41, 5.74) is 3.03. The molecule has 1 aromatic carbocycles. The van der Waals surface area contributed by atoms with Crippen LogP contribution in [0.1, 0.15) is 57.0 Å². The van der Waals surface area contributed by atoms with Crippen LogP contribution in [-0.4, -0.2) is 48.3 Å². The van der Waals surface area contributed by atoms with Gasteiger partial charge in [-0.2, -0.15) is 0 Å². The Morgan fingerprint density at radius 3 is 2.75 bits per heavy atom. The summed E-state index contributed by atoms with van der Waals surface area (Å²) in [5.74, 6) is 1.50. The van der Waals surface area contributed by atoms with E-state index >= 15 is 0 Å². The third-order valence-corrected chi connectivity index (χ3v) is 6.20. The number of hydrogen-bond acceptors (Lipinski definition) is 6. The normalized spacial score (nSPS) is 24.5. The first-order valence-electron chi connectivity index (χ1n) is 11.4. The molecule has 3 atom stereocenters. The number of rotatable bonds is 5. The molecule has 32 heavy (non-hydrogen) atoms. The van der Waals surface area contributed by atoms with Gasteiger partial charge < -0.3 is 19.7 Å². The van der Waals surface area contributed by atoms with Crippen LogP contribution in [0.25, 0.3) is 0 Å². The van der Waals surface area contributed by atoms with E-state index < -0.39 is 0 Å². The van der Waals surface area contributed by atoms with Crippen LogP contribution in [0.3, 0.4) is 0 Å². The van der Waals surface area contributed by atoms with Crippen LogP contribution in [0.5, 0.6) is 5.75 Å². The molecule has 7 heteroatoms. The Morgan fingerprint density at radius 2 is 2.03 bits per heavy atom. The second kappa shape index (κ2) is 9.06. The molecule has 1 saturated heterocycles. The average molecular weight is 439 g/mol. The molecular formula is C25H34N4O3. The van der Waals surface area contributed by atoms with E-state index in [1.165, 1.54) is 0 Å². The largest absolute Gasteiger partial charge is 0.497 e. The zero-order chi connectivity index (χ0) is 22.9. The Kier molecular flexibility index (Phi) is 6.38. The number of methoxy groups -OCH3 is 1. The Labute approximate surface area is 190 Å². The highest BCUT2D eigenvalue weighted by Gasteiger charge is 2.35. The summed E-state index contributed by atoms with van der Waals surface area (Å²) in [6.45, 7) is 10.2. The van der Waals surface area contributed by atoms with Gasteiger partial charge in [0.2, 0.25) is 11.9 Å². The zero-order valence-electron chi connectivity index (χ0n) is 19.7. The summed E-state index contributed by atoms with van der Waals surface area (Å²) in [6.07, 6.45) is 4.25. The van der Waals surface area contributed by atoms with E-state index in [-0.39, 0.29) is 29.6 Å². The standard InChI is InChI=1S/C25H34N4O3/c1-16-14-29(15-17(2)32-16)24-26-13-20-21(11-25(3,4)12-22(20)28-24)27-23(30)10-18-7-6-8-19(9-18)31-5/h6-9,13,16-17,21H,10-12,14-15H2,1-5H3,(H,27,30)/t16-,17-,21+/m0/s1. The molecule has 7 nitrogen and oxygen atoms in total. The fraction of sp³-hybridized carbons (Fsp3) is 0.560. The lowest BCUT2D eigenvalue weighted by Gasteiger charge is -2.38. The van der Waals surface area contributed by atoms with Crippen molar-refractivity contribution < 1.29 is 14.3 Å². The van der Waals surface area contributed by atoms with Gasteiger partial charge >= 0.3 is 0 Å². The minimum atomic E-state index is -0.0940. The van der Waals surface area contributed by atoms with E-state index in [9.17, 15) is 4.79 Å². The van der Waals surface area contributed by atoms with Gasteiger partial charge in [-0.1, -0.05) is 26.0 Å². The van der Waals surface area contributed by atoms with Gasteiger partial charge in [-0.15, -0.1) is 0 Å². The predicted octanol–water partition coefficient (Wildman–Crippen LogP) is 3.47. The Bertz CT molecular complexity index is 967. The molecule has 0 unspecified atom stereocenters. The van der Waals surface area contributed by atoms with Gasteiger partial charge in [0.25, 0.3) is 0 Å². The molecule has 0 saturated carbocycles. The number of ether oxygens (including phenoxy) is 2. The maximum atomic E-state index is 12.9. The van der Waals surface area contributed by atoms with Gasteiger partial charge in [0.05, 0.1) is 37.5 Å². The van der Waals surface area contributed by atoms with Gasteiger partial charge in [0, 0.05) is 24.8 Å². The van der Waals surface area contributed by atoms with Gasteiger partial charge in [-0.3, -0.25) is 4.79 Å². The first-order chi connectivity index (χ1) is 15.2. The highest BCUT2D eigenvalue weighted by Crippen LogP contribution is 2.40. The van der Waals surface area contributed by atoms with Crippen molar-refractivity contribution in [2.75, 3.05) is 25.1 Å². The second-order valence-corrected chi connectivity index (χ2v) is 9.93. The number of carbonyl (C=O) groups is 1. The third-order valence-electron chi connectivity index (χ3n) is 6.20. The lowest BCUT2D eigenvalue weighted by atomic mass is 9.74. The second-order valence-electron chi connectivity index (χ2n) is 9.93. The summed E-state index contributed by atoms with van der Waals surface area (Å²) in [6, 6.07) is 7.54. The summed E-state index contributed by atoms with van der Waals surface area (Å²) < 4.78 is 11.1. The van der Waals surface area contributed by atoms with Gasteiger partial charge in [0.15, 0.2) is 0 Å². The average Bonchev–Trinajstić information content (AvgIpc) is 2.71. The molecular weight excluding hydrogens is 404 g/mol. The molecule has 0 radical (unpaired) electrons. The summed E-state index contributed by atoms with van der Waals surface area (Å²) in [5, 5.41) is 3.24. The van der Waals surface area contributed by atoms with Crippen molar-refractivity contribution in [2.45, 2.75) is 65.2 Å². The van der Waals surface area contributed by atoms with Crippen molar-refractivity contribution in [3.05, 3.63) is 47.3 Å². The molecule has 1 aromatic heterocycles. The topological polar surface area (TPSA) is 76.6 Å². The number of benzene rings is 1. The molecule has 4 rings (SSSR count). The summed E-state index contributed by atoms with van der Waals surface area (Å²) in [4.78, 5) is 24.7. The van der Waals surface area contributed by atoms with Crippen molar-refractivity contribution in [3.63, 3.8) is 0 Å².